The van der Waals surface area contributed by atoms with Crippen molar-refractivity contribution in [1.29, 1.82) is 0 Å². The van der Waals surface area contributed by atoms with Crippen molar-refractivity contribution in [2.75, 3.05) is 24.7 Å². The van der Waals surface area contributed by atoms with Gasteiger partial charge in [0.1, 0.15) is 11.8 Å². The number of carbonyl (C=O) groups excluding carboxylic acids is 3. The van der Waals surface area contributed by atoms with E-state index in [-0.39, 0.29) is 35.9 Å². The molecule has 1 aromatic heterocycles. The van der Waals surface area contributed by atoms with Crippen molar-refractivity contribution in [3.63, 3.8) is 0 Å². The van der Waals surface area contributed by atoms with Crippen molar-refractivity contribution < 1.29 is 27.5 Å². The number of aryl methyl sites for hydroxylation is 1. The molecule has 32 heavy (non-hydrogen) atoms. The summed E-state index contributed by atoms with van der Waals surface area (Å²) in [5.74, 6) is -1.43. The standard InChI is InChI=1S/C21H20ClN3O6S/c1-13-15(19(22)25(23-13)14-8-11-32(29,30)12-14)6-7-18(26)31-10-9-24-20(27)16-4-2-3-5-17(16)21(24)28/h2-7,14H,8-12H2,1H3/b7-6+/t14-/m1/s1. The molecule has 168 valence electrons. The highest BCUT2D eigenvalue weighted by Gasteiger charge is 2.35. The number of imide groups is 1. The summed E-state index contributed by atoms with van der Waals surface area (Å²) >= 11 is 6.37. The Hall–Kier alpha value is -2.98. The van der Waals surface area contributed by atoms with Crippen LogP contribution in [0.2, 0.25) is 5.15 Å². The van der Waals surface area contributed by atoms with Crippen LogP contribution in [0.15, 0.2) is 30.3 Å². The van der Waals surface area contributed by atoms with E-state index in [0.29, 0.717) is 28.8 Å². The van der Waals surface area contributed by atoms with Crippen LogP contribution in [0.1, 0.15) is 44.4 Å². The molecule has 0 spiro atoms. The average molecular weight is 478 g/mol. The van der Waals surface area contributed by atoms with Gasteiger partial charge in [-0.1, -0.05) is 23.7 Å². The molecule has 1 fully saturated rings. The zero-order valence-corrected chi connectivity index (χ0v) is 18.7. The number of hydrogen-bond acceptors (Lipinski definition) is 7. The van der Waals surface area contributed by atoms with Gasteiger partial charge >= 0.3 is 5.97 Å². The molecule has 0 N–H and O–H groups in total. The molecule has 0 aliphatic carbocycles. The summed E-state index contributed by atoms with van der Waals surface area (Å²) in [5, 5.41) is 4.57. The smallest absolute Gasteiger partial charge is 0.330 e. The predicted octanol–water partition coefficient (Wildman–Crippen LogP) is 2.06. The zero-order valence-electron chi connectivity index (χ0n) is 17.2. The quantitative estimate of drug-likeness (QED) is 0.355. The van der Waals surface area contributed by atoms with Gasteiger partial charge in [-0.2, -0.15) is 5.10 Å². The number of carbonyl (C=O) groups is 3. The summed E-state index contributed by atoms with van der Waals surface area (Å²) in [6, 6.07) is 6.19. The minimum Gasteiger partial charge on any atom is -0.461 e. The largest absolute Gasteiger partial charge is 0.461 e. The molecular formula is C21H20ClN3O6S. The van der Waals surface area contributed by atoms with Crippen LogP contribution in [-0.4, -0.2) is 65.5 Å². The Kier molecular flexibility index (Phi) is 5.91. The fraction of sp³-hybridized carbons (Fsp3) is 0.333. The zero-order chi connectivity index (χ0) is 23.0. The Bertz CT molecular complexity index is 1220. The van der Waals surface area contributed by atoms with Crippen LogP contribution in [0.3, 0.4) is 0 Å². The highest BCUT2D eigenvalue weighted by atomic mass is 35.5. The van der Waals surface area contributed by atoms with Crippen LogP contribution in [0, 0.1) is 6.92 Å². The molecule has 2 amide bonds. The lowest BCUT2D eigenvalue weighted by Crippen LogP contribution is -2.33. The summed E-state index contributed by atoms with van der Waals surface area (Å²) in [6.07, 6.45) is 3.06. The molecule has 0 unspecified atom stereocenters. The maximum absolute atomic E-state index is 12.3. The Morgan fingerprint density at radius 2 is 1.91 bits per heavy atom. The number of esters is 1. The number of benzene rings is 1. The van der Waals surface area contributed by atoms with Gasteiger partial charge in [0.25, 0.3) is 11.8 Å². The molecule has 2 aliphatic heterocycles. The third-order valence-electron chi connectivity index (χ3n) is 5.45. The first-order valence-electron chi connectivity index (χ1n) is 9.93. The number of halogens is 1. The third-order valence-corrected chi connectivity index (χ3v) is 7.58. The minimum atomic E-state index is -3.10. The van der Waals surface area contributed by atoms with E-state index in [2.05, 4.69) is 5.10 Å². The van der Waals surface area contributed by atoms with Gasteiger partial charge in [-0.05, 0) is 31.6 Å². The van der Waals surface area contributed by atoms with Gasteiger partial charge in [-0.25, -0.2) is 17.9 Å². The van der Waals surface area contributed by atoms with Crippen LogP contribution in [0.5, 0.6) is 0 Å². The molecule has 11 heteroatoms. The maximum atomic E-state index is 12.3. The Morgan fingerprint density at radius 1 is 1.25 bits per heavy atom. The highest BCUT2D eigenvalue weighted by Crippen LogP contribution is 2.30. The molecule has 1 atom stereocenters. The normalized spacial score (nSPS) is 19.7. The van der Waals surface area contributed by atoms with Gasteiger partial charge < -0.3 is 4.74 Å². The lowest BCUT2D eigenvalue weighted by atomic mass is 10.1. The number of hydrogen-bond donors (Lipinski definition) is 0. The molecule has 2 aromatic rings. The molecule has 9 nitrogen and oxygen atoms in total. The Labute approximate surface area is 189 Å². The van der Waals surface area contributed by atoms with E-state index in [0.717, 1.165) is 4.90 Å². The predicted molar refractivity (Wildman–Crippen MR) is 116 cm³/mol. The molecular weight excluding hydrogens is 458 g/mol. The first-order valence-corrected chi connectivity index (χ1v) is 12.1. The van der Waals surface area contributed by atoms with Gasteiger partial charge in [-0.15, -0.1) is 0 Å². The van der Waals surface area contributed by atoms with Gasteiger partial charge in [0.2, 0.25) is 0 Å². The molecule has 0 saturated carbocycles. The van der Waals surface area contributed by atoms with Gasteiger partial charge in [0, 0.05) is 11.6 Å². The van der Waals surface area contributed by atoms with E-state index < -0.39 is 27.6 Å². The van der Waals surface area contributed by atoms with E-state index in [4.69, 9.17) is 16.3 Å². The van der Waals surface area contributed by atoms with Crippen LogP contribution in [0.4, 0.5) is 0 Å². The Balaban J connectivity index is 1.35. The van der Waals surface area contributed by atoms with Crippen molar-refractivity contribution in [1.82, 2.24) is 14.7 Å². The number of nitrogens with zero attached hydrogens (tertiary/aromatic N) is 3. The summed E-state index contributed by atoms with van der Waals surface area (Å²) in [4.78, 5) is 37.8. The summed E-state index contributed by atoms with van der Waals surface area (Å²) in [7, 11) is -3.10. The molecule has 0 bridgehead atoms. The second-order valence-electron chi connectivity index (χ2n) is 7.60. The number of amides is 2. The number of fused-ring (bicyclic) bond motifs is 1. The maximum Gasteiger partial charge on any atom is 0.330 e. The summed E-state index contributed by atoms with van der Waals surface area (Å²) in [5.41, 5.74) is 1.71. The lowest BCUT2D eigenvalue weighted by Gasteiger charge is -2.13. The van der Waals surface area contributed by atoms with Gasteiger partial charge in [0.15, 0.2) is 9.84 Å². The van der Waals surface area contributed by atoms with E-state index in [9.17, 15) is 22.8 Å². The number of sulfone groups is 1. The monoisotopic (exact) mass is 477 g/mol. The fourth-order valence-corrected chi connectivity index (χ4v) is 5.88. The van der Waals surface area contributed by atoms with Gasteiger partial charge in [-0.3, -0.25) is 14.5 Å². The van der Waals surface area contributed by atoms with Crippen molar-refractivity contribution in [2.45, 2.75) is 19.4 Å². The summed E-state index contributed by atoms with van der Waals surface area (Å²) < 4.78 is 30.1. The van der Waals surface area contributed by atoms with E-state index in [1.54, 1.807) is 31.2 Å². The highest BCUT2D eigenvalue weighted by molar-refractivity contribution is 7.91. The average Bonchev–Trinajstić information content (AvgIpc) is 3.34. The molecule has 1 saturated heterocycles. The first-order chi connectivity index (χ1) is 15.2. The second-order valence-corrected chi connectivity index (χ2v) is 10.2. The molecule has 3 heterocycles. The molecule has 4 rings (SSSR count). The van der Waals surface area contributed by atoms with Crippen LogP contribution in [0.25, 0.3) is 6.08 Å². The number of rotatable bonds is 6. The SMILES string of the molecule is Cc1nn([C@@H]2CCS(=O)(=O)C2)c(Cl)c1/C=C/C(=O)OCCN1C(=O)c2ccccc2C1=O. The molecule has 1 aromatic carbocycles. The second kappa shape index (κ2) is 8.51. The third kappa shape index (κ3) is 4.20. The van der Waals surface area contributed by atoms with Crippen LogP contribution in [-0.2, 0) is 19.4 Å². The molecule has 2 aliphatic rings. The number of aromatic nitrogens is 2. The van der Waals surface area contributed by atoms with Crippen molar-refractivity contribution in [2.24, 2.45) is 0 Å². The van der Waals surface area contributed by atoms with Crippen LogP contribution >= 0.6 is 11.6 Å². The first kappa shape index (κ1) is 22.2. The van der Waals surface area contributed by atoms with Gasteiger partial charge in [0.05, 0.1) is 40.9 Å². The lowest BCUT2D eigenvalue weighted by molar-refractivity contribution is -0.137. The topological polar surface area (TPSA) is 116 Å². The fourth-order valence-electron chi connectivity index (χ4n) is 3.81. The Morgan fingerprint density at radius 3 is 2.50 bits per heavy atom. The summed E-state index contributed by atoms with van der Waals surface area (Å²) in [6.45, 7) is 1.50. The van der Waals surface area contributed by atoms with Crippen molar-refractivity contribution in [3.05, 3.63) is 57.9 Å². The van der Waals surface area contributed by atoms with E-state index in [1.165, 1.54) is 16.8 Å². The molecule has 0 radical (unpaired) electrons. The van der Waals surface area contributed by atoms with E-state index >= 15 is 0 Å². The van der Waals surface area contributed by atoms with Crippen LogP contribution < -0.4 is 0 Å². The minimum absolute atomic E-state index is 0.0170. The number of ether oxygens (including phenoxy) is 1. The van der Waals surface area contributed by atoms with Crippen molar-refractivity contribution in [3.8, 4) is 0 Å². The van der Waals surface area contributed by atoms with Crippen molar-refractivity contribution >= 4 is 45.3 Å². The van der Waals surface area contributed by atoms with E-state index in [1.807, 2.05) is 0 Å².